The lowest BCUT2D eigenvalue weighted by molar-refractivity contribution is -0.140. The van der Waals surface area contributed by atoms with Crippen LogP contribution in [0.5, 0.6) is 0 Å². The van der Waals surface area contributed by atoms with E-state index in [-0.39, 0.29) is 11.5 Å². The van der Waals surface area contributed by atoms with Gasteiger partial charge >= 0.3 is 0 Å². The minimum absolute atomic E-state index is 0.0652. The summed E-state index contributed by atoms with van der Waals surface area (Å²) in [6.07, 6.45) is 0. The number of aromatic nitrogens is 1. The van der Waals surface area contributed by atoms with E-state index in [0.717, 1.165) is 5.39 Å². The van der Waals surface area contributed by atoms with Crippen molar-refractivity contribution in [2.24, 2.45) is 0 Å². The number of carbonyl (C=O) groups is 2. The molecule has 2 aliphatic heterocycles. The summed E-state index contributed by atoms with van der Waals surface area (Å²) in [6.45, 7) is 3.40. The molecule has 0 spiro atoms. The molecule has 2 saturated heterocycles. The Kier molecular flexibility index (Phi) is 4.91. The van der Waals surface area contributed by atoms with E-state index in [1.807, 2.05) is 18.2 Å². The Labute approximate surface area is 156 Å². The Hall–Kier alpha value is -2.71. The Morgan fingerprint density at radius 1 is 1.11 bits per heavy atom. The summed E-state index contributed by atoms with van der Waals surface area (Å²) < 4.78 is 5.30. The van der Waals surface area contributed by atoms with Crippen molar-refractivity contribution in [1.29, 1.82) is 0 Å². The predicted molar refractivity (Wildman–Crippen MR) is 99.7 cm³/mol. The minimum Gasteiger partial charge on any atom is -0.378 e. The molecule has 1 aromatic carbocycles. The van der Waals surface area contributed by atoms with Gasteiger partial charge in [-0.25, -0.2) is 0 Å². The normalized spacial score (nSPS) is 20.7. The number of nitrogens with zero attached hydrogens (tertiary/aromatic N) is 2. The number of hydrogen-bond donors (Lipinski definition) is 2. The van der Waals surface area contributed by atoms with E-state index in [9.17, 15) is 14.4 Å². The van der Waals surface area contributed by atoms with Gasteiger partial charge in [-0.15, -0.1) is 0 Å². The molecule has 2 fully saturated rings. The van der Waals surface area contributed by atoms with E-state index in [4.69, 9.17) is 4.74 Å². The number of carbonyl (C=O) groups excluding carboxylic acids is 2. The summed E-state index contributed by atoms with van der Waals surface area (Å²) in [7, 11) is 0. The number of rotatable bonds is 2. The molecule has 4 rings (SSSR count). The monoisotopic (exact) mass is 370 g/mol. The standard InChI is InChI=1S/C19H22N4O4/c24-17-14(11-13-3-1-2-4-15(13)21-17)18(25)23-6-5-20-12-16(23)19(26)22-7-9-27-10-8-22/h1-4,11,16,20H,5-10,12H2,(H,21,24). The predicted octanol–water partition coefficient (Wildman–Crippen LogP) is -0.199. The number of nitrogens with one attached hydrogen (secondary N) is 2. The van der Waals surface area contributed by atoms with E-state index in [1.165, 1.54) is 4.90 Å². The van der Waals surface area contributed by atoms with E-state index in [2.05, 4.69) is 10.3 Å². The van der Waals surface area contributed by atoms with Gasteiger partial charge in [0.05, 0.1) is 13.2 Å². The van der Waals surface area contributed by atoms with Crippen LogP contribution in [0.25, 0.3) is 10.9 Å². The molecule has 3 heterocycles. The maximum absolute atomic E-state index is 13.1. The average molecular weight is 370 g/mol. The molecule has 142 valence electrons. The summed E-state index contributed by atoms with van der Waals surface area (Å²) in [4.78, 5) is 44.6. The second-order valence-electron chi connectivity index (χ2n) is 6.76. The number of aromatic amines is 1. The Morgan fingerprint density at radius 3 is 2.70 bits per heavy atom. The highest BCUT2D eigenvalue weighted by Crippen LogP contribution is 2.15. The van der Waals surface area contributed by atoms with Crippen LogP contribution in [0, 0.1) is 0 Å². The van der Waals surface area contributed by atoms with Gasteiger partial charge in [-0.1, -0.05) is 18.2 Å². The van der Waals surface area contributed by atoms with Crippen molar-refractivity contribution in [3.8, 4) is 0 Å². The minimum atomic E-state index is -0.616. The molecule has 0 bridgehead atoms. The number of fused-ring (bicyclic) bond motifs is 1. The van der Waals surface area contributed by atoms with Crippen molar-refractivity contribution in [2.45, 2.75) is 6.04 Å². The highest BCUT2D eigenvalue weighted by molar-refractivity contribution is 5.99. The molecule has 1 unspecified atom stereocenters. The lowest BCUT2D eigenvalue weighted by Crippen LogP contribution is -2.61. The van der Waals surface area contributed by atoms with Crippen molar-refractivity contribution in [3.05, 3.63) is 46.2 Å². The lowest BCUT2D eigenvalue weighted by atomic mass is 10.1. The third-order valence-electron chi connectivity index (χ3n) is 5.10. The molecule has 0 aliphatic carbocycles. The van der Waals surface area contributed by atoms with E-state index in [1.54, 1.807) is 17.0 Å². The molecular weight excluding hydrogens is 348 g/mol. The zero-order valence-corrected chi connectivity index (χ0v) is 14.9. The Balaban J connectivity index is 1.63. The van der Waals surface area contributed by atoms with Crippen LogP contribution in [0.3, 0.4) is 0 Å². The van der Waals surface area contributed by atoms with Gasteiger partial charge in [-0.2, -0.15) is 0 Å². The van der Waals surface area contributed by atoms with Crippen LogP contribution in [-0.2, 0) is 9.53 Å². The van der Waals surface area contributed by atoms with Crippen LogP contribution in [0.2, 0.25) is 0 Å². The first-order chi connectivity index (χ1) is 13.1. The number of para-hydroxylation sites is 1. The molecular formula is C19H22N4O4. The fourth-order valence-corrected chi connectivity index (χ4v) is 3.62. The van der Waals surface area contributed by atoms with Crippen molar-refractivity contribution in [2.75, 3.05) is 45.9 Å². The SMILES string of the molecule is O=C(C1CNCCN1C(=O)c1cc2ccccc2[nH]c1=O)N1CCOCC1. The summed E-state index contributed by atoms with van der Waals surface area (Å²) in [5.41, 5.74) is 0.311. The first-order valence-electron chi connectivity index (χ1n) is 9.15. The maximum atomic E-state index is 13.1. The number of pyridine rings is 1. The largest absolute Gasteiger partial charge is 0.378 e. The summed E-state index contributed by atoms with van der Waals surface area (Å²) in [6, 6.07) is 8.30. The summed E-state index contributed by atoms with van der Waals surface area (Å²) in [5, 5.41) is 3.96. The lowest BCUT2D eigenvalue weighted by Gasteiger charge is -2.39. The van der Waals surface area contributed by atoms with Crippen molar-refractivity contribution >= 4 is 22.7 Å². The van der Waals surface area contributed by atoms with Gasteiger partial charge in [0.15, 0.2) is 0 Å². The van der Waals surface area contributed by atoms with Crippen molar-refractivity contribution in [3.63, 3.8) is 0 Å². The second-order valence-corrected chi connectivity index (χ2v) is 6.76. The van der Waals surface area contributed by atoms with Crippen molar-refractivity contribution < 1.29 is 14.3 Å². The number of H-pyrrole nitrogens is 1. The fourth-order valence-electron chi connectivity index (χ4n) is 3.62. The molecule has 2 aromatic rings. The summed E-state index contributed by atoms with van der Waals surface area (Å²) >= 11 is 0. The highest BCUT2D eigenvalue weighted by Gasteiger charge is 2.36. The molecule has 8 heteroatoms. The van der Waals surface area contributed by atoms with Gasteiger partial charge in [0, 0.05) is 38.2 Å². The molecule has 2 aliphatic rings. The molecule has 27 heavy (non-hydrogen) atoms. The molecule has 0 saturated carbocycles. The molecule has 2 N–H and O–H groups in total. The van der Waals surface area contributed by atoms with Gasteiger partial charge in [0.2, 0.25) is 5.91 Å². The third-order valence-corrected chi connectivity index (χ3v) is 5.10. The van der Waals surface area contributed by atoms with Crippen molar-refractivity contribution in [1.82, 2.24) is 20.1 Å². The van der Waals surface area contributed by atoms with Gasteiger partial charge in [-0.3, -0.25) is 14.4 Å². The van der Waals surface area contributed by atoms with Crippen LogP contribution in [0.1, 0.15) is 10.4 Å². The van der Waals surface area contributed by atoms with Gasteiger partial charge in [-0.05, 0) is 17.5 Å². The Morgan fingerprint density at radius 2 is 1.89 bits per heavy atom. The van der Waals surface area contributed by atoms with E-state index >= 15 is 0 Å². The zero-order chi connectivity index (χ0) is 18.8. The van der Waals surface area contributed by atoms with E-state index < -0.39 is 17.5 Å². The van der Waals surface area contributed by atoms with Gasteiger partial charge in [0.1, 0.15) is 11.6 Å². The number of hydrogen-bond acceptors (Lipinski definition) is 5. The van der Waals surface area contributed by atoms with Crippen LogP contribution in [0.4, 0.5) is 0 Å². The average Bonchev–Trinajstić information content (AvgIpc) is 2.73. The number of benzene rings is 1. The van der Waals surface area contributed by atoms with Crippen LogP contribution < -0.4 is 10.9 Å². The highest BCUT2D eigenvalue weighted by atomic mass is 16.5. The number of piperazine rings is 1. The molecule has 8 nitrogen and oxygen atoms in total. The Bertz CT molecular complexity index is 919. The smallest absolute Gasteiger partial charge is 0.261 e. The molecule has 2 amide bonds. The van der Waals surface area contributed by atoms with Crippen LogP contribution in [0.15, 0.2) is 35.1 Å². The third kappa shape index (κ3) is 3.45. The molecule has 1 aromatic heterocycles. The van der Waals surface area contributed by atoms with Crippen LogP contribution >= 0.6 is 0 Å². The quantitative estimate of drug-likeness (QED) is 0.764. The fraction of sp³-hybridized carbons (Fsp3) is 0.421. The number of morpholine rings is 1. The first-order valence-corrected chi connectivity index (χ1v) is 9.15. The van der Waals surface area contributed by atoms with Crippen LogP contribution in [-0.4, -0.2) is 78.6 Å². The second kappa shape index (κ2) is 7.50. The topological polar surface area (TPSA) is 94.7 Å². The van der Waals surface area contributed by atoms with E-state index in [0.29, 0.717) is 51.5 Å². The number of ether oxygens (including phenoxy) is 1. The number of amides is 2. The van der Waals surface area contributed by atoms with Gasteiger partial charge < -0.3 is 24.8 Å². The zero-order valence-electron chi connectivity index (χ0n) is 14.9. The summed E-state index contributed by atoms with van der Waals surface area (Å²) in [5.74, 6) is -0.508. The molecule has 1 atom stereocenters. The maximum Gasteiger partial charge on any atom is 0.261 e. The van der Waals surface area contributed by atoms with Gasteiger partial charge in [0.25, 0.3) is 11.5 Å². The first kappa shape index (κ1) is 17.7. The molecule has 0 radical (unpaired) electrons.